The highest BCUT2D eigenvalue weighted by molar-refractivity contribution is 6.30. The third-order valence-electron chi connectivity index (χ3n) is 3.00. The van der Waals surface area contributed by atoms with Gasteiger partial charge in [0.15, 0.2) is 5.82 Å². The molecular formula is C15H10ClF2N3. The van der Waals surface area contributed by atoms with E-state index in [1.165, 1.54) is 16.9 Å². The van der Waals surface area contributed by atoms with E-state index in [0.29, 0.717) is 16.4 Å². The van der Waals surface area contributed by atoms with Crippen molar-refractivity contribution in [2.45, 2.75) is 0 Å². The maximum Gasteiger partial charge on any atom is 0.151 e. The smallest absolute Gasteiger partial charge is 0.151 e. The first-order valence-corrected chi connectivity index (χ1v) is 6.49. The van der Waals surface area contributed by atoms with Gasteiger partial charge in [-0.15, -0.1) is 0 Å². The van der Waals surface area contributed by atoms with Gasteiger partial charge in [0.2, 0.25) is 0 Å². The molecule has 0 saturated carbocycles. The number of halogens is 3. The quantitative estimate of drug-likeness (QED) is 0.776. The molecule has 0 amide bonds. The summed E-state index contributed by atoms with van der Waals surface area (Å²) in [5, 5.41) is 4.80. The third kappa shape index (κ3) is 2.60. The van der Waals surface area contributed by atoms with E-state index in [0.717, 1.165) is 17.7 Å². The lowest BCUT2D eigenvalue weighted by molar-refractivity contribution is 0.574. The van der Waals surface area contributed by atoms with Gasteiger partial charge in [0.05, 0.1) is 11.9 Å². The average Bonchev–Trinajstić information content (AvgIpc) is 2.80. The zero-order chi connectivity index (χ0) is 15.0. The van der Waals surface area contributed by atoms with Crippen molar-refractivity contribution in [1.29, 1.82) is 0 Å². The summed E-state index contributed by atoms with van der Waals surface area (Å²) in [5.74, 6) is -1.36. The highest BCUT2D eigenvalue weighted by Gasteiger charge is 2.13. The molecule has 1 aromatic heterocycles. The van der Waals surface area contributed by atoms with Gasteiger partial charge < -0.3 is 5.73 Å². The Hall–Kier alpha value is -2.40. The molecule has 6 heteroatoms. The summed E-state index contributed by atoms with van der Waals surface area (Å²) >= 11 is 5.94. The lowest BCUT2D eigenvalue weighted by Gasteiger charge is -2.03. The van der Waals surface area contributed by atoms with Gasteiger partial charge in [-0.1, -0.05) is 23.7 Å². The fraction of sp³-hybridized carbons (Fsp3) is 0. The van der Waals surface area contributed by atoms with Crippen LogP contribution in [0.4, 0.5) is 14.5 Å². The lowest BCUT2D eigenvalue weighted by atomic mass is 10.1. The van der Waals surface area contributed by atoms with Crippen molar-refractivity contribution in [2.24, 2.45) is 0 Å². The Morgan fingerprint density at radius 3 is 2.62 bits per heavy atom. The number of hydrogen-bond donors (Lipinski definition) is 1. The van der Waals surface area contributed by atoms with E-state index in [1.54, 1.807) is 24.3 Å². The van der Waals surface area contributed by atoms with Crippen molar-refractivity contribution in [3.8, 4) is 16.9 Å². The summed E-state index contributed by atoms with van der Waals surface area (Å²) in [6.07, 6.45) is 1.48. The van der Waals surface area contributed by atoms with Crippen LogP contribution in [0.3, 0.4) is 0 Å². The van der Waals surface area contributed by atoms with Crippen LogP contribution in [0.15, 0.2) is 48.7 Å². The zero-order valence-electron chi connectivity index (χ0n) is 10.7. The zero-order valence-corrected chi connectivity index (χ0v) is 11.5. The van der Waals surface area contributed by atoms with Gasteiger partial charge in [0.25, 0.3) is 0 Å². The van der Waals surface area contributed by atoms with Crippen molar-refractivity contribution in [3.63, 3.8) is 0 Å². The molecule has 0 aliphatic carbocycles. The highest BCUT2D eigenvalue weighted by Crippen LogP contribution is 2.28. The Labute approximate surface area is 124 Å². The van der Waals surface area contributed by atoms with Crippen LogP contribution in [0.25, 0.3) is 16.9 Å². The van der Waals surface area contributed by atoms with Gasteiger partial charge in [0.1, 0.15) is 17.2 Å². The lowest BCUT2D eigenvalue weighted by Crippen LogP contribution is -1.99. The number of anilines is 1. The van der Waals surface area contributed by atoms with Crippen LogP contribution in [0, 0.1) is 11.6 Å². The minimum Gasteiger partial charge on any atom is -0.396 e. The molecule has 0 aliphatic rings. The van der Waals surface area contributed by atoms with Gasteiger partial charge in [-0.2, -0.15) is 5.10 Å². The Bertz CT molecular complexity index is 814. The molecule has 0 radical (unpaired) electrons. The predicted molar refractivity (Wildman–Crippen MR) is 78.3 cm³/mol. The highest BCUT2D eigenvalue weighted by atomic mass is 35.5. The molecular weight excluding hydrogens is 296 g/mol. The molecule has 0 spiro atoms. The van der Waals surface area contributed by atoms with Crippen molar-refractivity contribution in [2.75, 3.05) is 5.73 Å². The first-order chi connectivity index (χ1) is 10.0. The Morgan fingerprint density at radius 1 is 1.10 bits per heavy atom. The van der Waals surface area contributed by atoms with Crippen LogP contribution in [0.1, 0.15) is 0 Å². The summed E-state index contributed by atoms with van der Waals surface area (Å²) in [7, 11) is 0. The second-order valence-electron chi connectivity index (χ2n) is 4.48. The molecule has 0 fully saturated rings. The van der Waals surface area contributed by atoms with Crippen molar-refractivity contribution in [3.05, 3.63) is 65.3 Å². The predicted octanol–water partition coefficient (Wildman–Crippen LogP) is 4.05. The number of nitrogens with zero attached hydrogens (tertiary/aromatic N) is 2. The minimum absolute atomic E-state index is 0.122. The van der Waals surface area contributed by atoms with Crippen molar-refractivity contribution >= 4 is 17.3 Å². The van der Waals surface area contributed by atoms with Crippen molar-refractivity contribution < 1.29 is 8.78 Å². The van der Waals surface area contributed by atoms with Crippen LogP contribution in [0.5, 0.6) is 0 Å². The number of aromatic nitrogens is 2. The number of hydrogen-bond acceptors (Lipinski definition) is 2. The fourth-order valence-corrected chi connectivity index (χ4v) is 2.23. The SMILES string of the molecule is Nc1cn(-c2ccc(F)cc2F)nc1-c1cccc(Cl)c1. The van der Waals surface area contributed by atoms with Crippen LogP contribution >= 0.6 is 11.6 Å². The second-order valence-corrected chi connectivity index (χ2v) is 4.92. The first-order valence-electron chi connectivity index (χ1n) is 6.11. The second kappa shape index (κ2) is 5.18. The largest absolute Gasteiger partial charge is 0.396 e. The molecule has 0 unspecified atom stereocenters. The van der Waals surface area contributed by atoms with Crippen LogP contribution in [0.2, 0.25) is 5.02 Å². The van der Waals surface area contributed by atoms with Crippen LogP contribution in [-0.2, 0) is 0 Å². The number of rotatable bonds is 2. The maximum absolute atomic E-state index is 13.8. The van der Waals surface area contributed by atoms with E-state index in [9.17, 15) is 8.78 Å². The molecule has 2 N–H and O–H groups in total. The van der Waals surface area contributed by atoms with E-state index in [-0.39, 0.29) is 5.69 Å². The fourth-order valence-electron chi connectivity index (χ4n) is 2.04. The molecule has 0 bridgehead atoms. The van der Waals surface area contributed by atoms with Gasteiger partial charge >= 0.3 is 0 Å². The van der Waals surface area contributed by atoms with E-state index >= 15 is 0 Å². The molecule has 3 nitrogen and oxygen atoms in total. The molecule has 0 saturated heterocycles. The first kappa shape index (κ1) is 13.6. The normalized spacial score (nSPS) is 10.8. The minimum atomic E-state index is -0.713. The van der Waals surface area contributed by atoms with Crippen LogP contribution in [-0.4, -0.2) is 9.78 Å². The Balaban J connectivity index is 2.09. The molecule has 0 aliphatic heterocycles. The molecule has 3 aromatic rings. The molecule has 1 heterocycles. The molecule has 2 aromatic carbocycles. The Kier molecular flexibility index (Phi) is 3.35. The van der Waals surface area contributed by atoms with Gasteiger partial charge in [-0.3, -0.25) is 0 Å². The summed E-state index contributed by atoms with van der Waals surface area (Å²) in [5.41, 5.74) is 7.63. The summed E-state index contributed by atoms with van der Waals surface area (Å²) in [4.78, 5) is 0. The van der Waals surface area contributed by atoms with Gasteiger partial charge in [-0.25, -0.2) is 13.5 Å². The standard InChI is InChI=1S/C15H10ClF2N3/c16-10-3-1-2-9(6-10)15-13(19)8-21(20-15)14-5-4-11(17)7-12(14)18/h1-8H,19H2. The molecule has 0 atom stereocenters. The molecule has 106 valence electrons. The number of nitrogen functional groups attached to an aromatic ring is 1. The van der Waals surface area contributed by atoms with E-state index in [4.69, 9.17) is 17.3 Å². The van der Waals surface area contributed by atoms with E-state index < -0.39 is 11.6 Å². The topological polar surface area (TPSA) is 43.8 Å². The molecule has 21 heavy (non-hydrogen) atoms. The van der Waals surface area contributed by atoms with E-state index in [1.807, 2.05) is 0 Å². The summed E-state index contributed by atoms with van der Waals surface area (Å²) < 4.78 is 28.0. The van der Waals surface area contributed by atoms with Crippen LogP contribution < -0.4 is 5.73 Å². The number of nitrogens with two attached hydrogens (primary N) is 1. The van der Waals surface area contributed by atoms with E-state index in [2.05, 4.69) is 5.10 Å². The third-order valence-corrected chi connectivity index (χ3v) is 3.23. The summed E-state index contributed by atoms with van der Waals surface area (Å²) in [6, 6.07) is 10.3. The summed E-state index contributed by atoms with van der Waals surface area (Å²) in [6.45, 7) is 0. The molecule has 3 rings (SSSR count). The van der Waals surface area contributed by atoms with Crippen molar-refractivity contribution in [1.82, 2.24) is 9.78 Å². The maximum atomic E-state index is 13.8. The van der Waals surface area contributed by atoms with Gasteiger partial charge in [0, 0.05) is 16.7 Å². The average molecular weight is 306 g/mol. The van der Waals surface area contributed by atoms with Gasteiger partial charge in [-0.05, 0) is 24.3 Å². The monoisotopic (exact) mass is 305 g/mol. The number of benzene rings is 2. The Morgan fingerprint density at radius 2 is 1.90 bits per heavy atom.